The highest BCUT2D eigenvalue weighted by molar-refractivity contribution is 9.10. The molecule has 5 heteroatoms. The predicted octanol–water partition coefficient (Wildman–Crippen LogP) is 2.55. The van der Waals surface area contributed by atoms with Crippen molar-refractivity contribution in [2.75, 3.05) is 32.5 Å². The lowest BCUT2D eigenvalue weighted by Crippen LogP contribution is -2.34. The van der Waals surface area contributed by atoms with Crippen LogP contribution in [-0.2, 0) is 0 Å². The van der Waals surface area contributed by atoms with Crippen molar-refractivity contribution in [3.63, 3.8) is 0 Å². The third-order valence-corrected chi connectivity index (χ3v) is 2.71. The van der Waals surface area contributed by atoms with E-state index in [0.717, 1.165) is 29.3 Å². The molecule has 1 rings (SSSR count). The molecule has 0 fully saturated rings. The predicted molar refractivity (Wildman–Crippen MR) is 75.3 cm³/mol. The van der Waals surface area contributed by atoms with Crippen LogP contribution in [0.4, 0.5) is 5.82 Å². The third kappa shape index (κ3) is 5.46. The minimum Gasteiger partial charge on any atom is -0.369 e. The lowest BCUT2D eigenvalue weighted by Gasteiger charge is -2.28. The Morgan fingerprint density at radius 1 is 1.35 bits per heavy atom. The zero-order valence-electron chi connectivity index (χ0n) is 11.2. The third-order valence-electron chi connectivity index (χ3n) is 2.30. The Hall–Kier alpha value is -0.680. The minimum absolute atomic E-state index is 0.203. The molecule has 0 aliphatic carbocycles. The zero-order chi connectivity index (χ0) is 13.1. The van der Waals surface area contributed by atoms with Crippen molar-refractivity contribution in [1.82, 2.24) is 14.9 Å². The van der Waals surface area contributed by atoms with Crippen LogP contribution in [0.15, 0.2) is 10.7 Å². The van der Waals surface area contributed by atoms with Gasteiger partial charge in [-0.15, -0.1) is 0 Å². The molecule has 17 heavy (non-hydrogen) atoms. The summed E-state index contributed by atoms with van der Waals surface area (Å²) in [6.07, 6.45) is 0. The van der Waals surface area contributed by atoms with Crippen LogP contribution in [0.2, 0.25) is 0 Å². The largest absolute Gasteiger partial charge is 0.369 e. The summed E-state index contributed by atoms with van der Waals surface area (Å²) in [5.74, 6) is 1.64. The molecule has 0 amide bonds. The molecule has 0 aliphatic heterocycles. The number of hydrogen-bond acceptors (Lipinski definition) is 4. The van der Waals surface area contributed by atoms with Gasteiger partial charge in [0.25, 0.3) is 0 Å². The average Bonchev–Trinajstić information content (AvgIpc) is 2.11. The molecule has 0 bridgehead atoms. The normalized spacial score (nSPS) is 11.9. The maximum Gasteiger partial charge on any atom is 0.130 e. The molecule has 1 heterocycles. The lowest BCUT2D eigenvalue weighted by atomic mass is 9.93. The van der Waals surface area contributed by atoms with Crippen LogP contribution in [-0.4, -0.2) is 42.1 Å². The number of anilines is 1. The van der Waals surface area contributed by atoms with Gasteiger partial charge in [0.2, 0.25) is 0 Å². The Balaban J connectivity index is 2.60. The monoisotopic (exact) mass is 300 g/mol. The van der Waals surface area contributed by atoms with Gasteiger partial charge in [-0.05, 0) is 42.4 Å². The average molecular weight is 301 g/mol. The van der Waals surface area contributed by atoms with E-state index in [0.29, 0.717) is 0 Å². The van der Waals surface area contributed by atoms with Gasteiger partial charge in [-0.3, -0.25) is 0 Å². The number of rotatable bonds is 5. The van der Waals surface area contributed by atoms with E-state index in [2.05, 4.69) is 64.1 Å². The van der Waals surface area contributed by atoms with Gasteiger partial charge in [-0.2, -0.15) is 0 Å². The van der Waals surface area contributed by atoms with Crippen LogP contribution >= 0.6 is 15.9 Å². The number of aromatic nitrogens is 2. The van der Waals surface area contributed by atoms with E-state index in [9.17, 15) is 0 Å². The lowest BCUT2D eigenvalue weighted by molar-refractivity contribution is 0.254. The fourth-order valence-corrected chi connectivity index (χ4v) is 2.34. The summed E-state index contributed by atoms with van der Waals surface area (Å²) in [5.41, 5.74) is 0.203. The standard InChI is InChI=1S/C12H21BrN4/c1-9-15-10(13)6-11(16-9)14-7-12(2,3)8-17(4)5/h6H,7-8H2,1-5H3,(H,14,15,16). The van der Waals surface area contributed by atoms with Crippen LogP contribution in [0.1, 0.15) is 19.7 Å². The van der Waals surface area contributed by atoms with Crippen molar-refractivity contribution in [3.05, 3.63) is 16.5 Å². The molecule has 0 spiro atoms. The second kappa shape index (κ2) is 5.78. The van der Waals surface area contributed by atoms with E-state index in [1.165, 1.54) is 0 Å². The molecule has 1 N–H and O–H groups in total. The fraction of sp³-hybridized carbons (Fsp3) is 0.667. The minimum atomic E-state index is 0.203. The molecule has 4 nitrogen and oxygen atoms in total. The van der Waals surface area contributed by atoms with Crippen molar-refractivity contribution in [3.8, 4) is 0 Å². The maximum absolute atomic E-state index is 4.35. The van der Waals surface area contributed by atoms with Crippen molar-refractivity contribution < 1.29 is 0 Å². The highest BCUT2D eigenvalue weighted by Crippen LogP contribution is 2.18. The highest BCUT2D eigenvalue weighted by atomic mass is 79.9. The zero-order valence-corrected chi connectivity index (χ0v) is 12.8. The number of nitrogens with zero attached hydrogens (tertiary/aromatic N) is 3. The molecular formula is C12H21BrN4. The Morgan fingerprint density at radius 3 is 2.53 bits per heavy atom. The van der Waals surface area contributed by atoms with Crippen molar-refractivity contribution in [2.24, 2.45) is 5.41 Å². The van der Waals surface area contributed by atoms with Crippen molar-refractivity contribution in [2.45, 2.75) is 20.8 Å². The second-order valence-corrected chi connectivity index (χ2v) is 6.19. The summed E-state index contributed by atoms with van der Waals surface area (Å²) in [6, 6.07) is 1.90. The van der Waals surface area contributed by atoms with E-state index in [4.69, 9.17) is 0 Å². The van der Waals surface area contributed by atoms with Crippen molar-refractivity contribution >= 4 is 21.7 Å². The van der Waals surface area contributed by atoms with E-state index in [1.54, 1.807) is 0 Å². The molecule has 0 unspecified atom stereocenters. The molecule has 0 radical (unpaired) electrons. The number of halogens is 1. The first kappa shape index (κ1) is 14.4. The molecule has 0 aromatic carbocycles. The summed E-state index contributed by atoms with van der Waals surface area (Å²) < 4.78 is 0.818. The van der Waals surface area contributed by atoms with E-state index >= 15 is 0 Å². The summed E-state index contributed by atoms with van der Waals surface area (Å²) in [6.45, 7) is 8.28. The number of aryl methyl sites for hydroxylation is 1. The second-order valence-electron chi connectivity index (χ2n) is 5.38. The molecule has 1 aromatic heterocycles. The van der Waals surface area contributed by atoms with Crippen LogP contribution in [0.25, 0.3) is 0 Å². The van der Waals surface area contributed by atoms with Gasteiger partial charge in [0, 0.05) is 19.2 Å². The van der Waals surface area contributed by atoms with E-state index in [-0.39, 0.29) is 5.41 Å². The number of hydrogen-bond donors (Lipinski definition) is 1. The Bertz CT molecular complexity index is 357. The van der Waals surface area contributed by atoms with Gasteiger partial charge in [0.05, 0.1) is 0 Å². The molecule has 0 saturated carbocycles. The number of nitrogens with one attached hydrogen (secondary N) is 1. The SMILES string of the molecule is Cc1nc(Br)cc(NCC(C)(C)CN(C)C)n1. The van der Waals surface area contributed by atoms with E-state index < -0.39 is 0 Å². The van der Waals surface area contributed by atoms with Crippen LogP contribution in [0.5, 0.6) is 0 Å². The van der Waals surface area contributed by atoms with Gasteiger partial charge in [0.1, 0.15) is 16.2 Å². The van der Waals surface area contributed by atoms with Crippen LogP contribution in [0, 0.1) is 12.3 Å². The Kier molecular flexibility index (Phi) is 4.89. The Morgan fingerprint density at radius 2 is 2.00 bits per heavy atom. The van der Waals surface area contributed by atoms with E-state index in [1.807, 2.05) is 13.0 Å². The molecule has 1 aromatic rings. The molecule has 0 saturated heterocycles. The molecular weight excluding hydrogens is 280 g/mol. The van der Waals surface area contributed by atoms with Gasteiger partial charge in [-0.1, -0.05) is 13.8 Å². The Labute approximate surface area is 112 Å². The quantitative estimate of drug-likeness (QED) is 0.849. The first-order valence-corrected chi connectivity index (χ1v) is 6.48. The fourth-order valence-electron chi connectivity index (χ4n) is 1.86. The van der Waals surface area contributed by atoms with Crippen LogP contribution < -0.4 is 5.32 Å². The van der Waals surface area contributed by atoms with Gasteiger partial charge < -0.3 is 10.2 Å². The van der Waals surface area contributed by atoms with Gasteiger partial charge >= 0.3 is 0 Å². The topological polar surface area (TPSA) is 41.1 Å². The first-order chi connectivity index (χ1) is 7.78. The van der Waals surface area contributed by atoms with Gasteiger partial charge in [-0.25, -0.2) is 9.97 Å². The summed E-state index contributed by atoms with van der Waals surface area (Å²) >= 11 is 3.37. The summed E-state index contributed by atoms with van der Waals surface area (Å²) in [7, 11) is 4.18. The highest BCUT2D eigenvalue weighted by Gasteiger charge is 2.18. The molecule has 96 valence electrons. The molecule has 0 atom stereocenters. The smallest absolute Gasteiger partial charge is 0.130 e. The van der Waals surface area contributed by atoms with Gasteiger partial charge in [0.15, 0.2) is 0 Å². The summed E-state index contributed by atoms with van der Waals surface area (Å²) in [5, 5.41) is 3.36. The van der Waals surface area contributed by atoms with Crippen LogP contribution in [0.3, 0.4) is 0 Å². The van der Waals surface area contributed by atoms with Crippen molar-refractivity contribution in [1.29, 1.82) is 0 Å². The first-order valence-electron chi connectivity index (χ1n) is 5.68. The molecule has 0 aliphatic rings. The summed E-state index contributed by atoms with van der Waals surface area (Å²) in [4.78, 5) is 10.7. The maximum atomic E-state index is 4.35.